The van der Waals surface area contributed by atoms with Crippen molar-refractivity contribution in [2.45, 2.75) is 145 Å². The molecule has 0 bridgehead atoms. The van der Waals surface area contributed by atoms with Gasteiger partial charge >= 0.3 is 0 Å². The number of amides is 8. The Morgan fingerprint density at radius 2 is 1.44 bits per heavy atom. The lowest BCUT2D eigenvalue weighted by atomic mass is 9.98. The number of unbranched alkanes of at least 4 members (excludes halogenated alkanes) is 2. The summed E-state index contributed by atoms with van der Waals surface area (Å²) in [5.41, 5.74) is 12.9. The maximum absolute atomic E-state index is 14.7. The molecule has 8 amide bonds. The minimum Gasteiger partial charge on any atom is -0.504 e. The first kappa shape index (κ1) is 66.7. The summed E-state index contributed by atoms with van der Waals surface area (Å²) in [5.74, 6) is -9.53. The summed E-state index contributed by atoms with van der Waals surface area (Å²) >= 11 is 1.41. The highest BCUT2D eigenvalue weighted by molar-refractivity contribution is 7.18. The minimum atomic E-state index is -2.18. The molecule has 0 aliphatic carbocycles. The number of nitrogens with two attached hydrogens (primary N) is 2. The van der Waals surface area contributed by atoms with Crippen molar-refractivity contribution in [3.63, 3.8) is 0 Å². The zero-order valence-electron chi connectivity index (χ0n) is 48.5. The van der Waals surface area contributed by atoms with Gasteiger partial charge < -0.3 is 93.1 Å². The van der Waals surface area contributed by atoms with Crippen LogP contribution in [0.25, 0.3) is 21.0 Å². The number of rotatable bonds is 20. The van der Waals surface area contributed by atoms with Crippen molar-refractivity contribution in [3.05, 3.63) is 84.1 Å². The molecule has 3 saturated heterocycles. The fraction of sp³-hybridized carbons (Fsp3) is 0.508. The van der Waals surface area contributed by atoms with Gasteiger partial charge in [-0.1, -0.05) is 44.9 Å². The van der Waals surface area contributed by atoms with Gasteiger partial charge in [0.25, 0.3) is 5.91 Å². The van der Waals surface area contributed by atoms with Crippen LogP contribution in [-0.4, -0.2) is 210 Å². The average molecular weight is 1230 g/mol. The Balaban J connectivity index is 1.19. The zero-order valence-corrected chi connectivity index (χ0v) is 49.3. The standard InChI is InChI=1S/C59H78N10O17S/c1-4-5-6-19-85-38-15-13-33(14-16-38)45-27-63-57(87-45)35-11-9-34(10-12-35)52(78)64-39-23-36(71)26-62-56(82)50-51(77)30(2)28-69(50)59(84)49(43(75)25-46(61)76)67-55(81)48(42(74)21-32-8-17-41(73)44(22-32)86-20-7-18-60)66-54(80)40-24-37(72)29-68(40)58(83)47(31(3)70)65-53(39)79/h8-17,22,27,30-31,36-37,39-40,42-43,47-51,70-75,77H,4-7,18-21,23-26,28-29,60H2,1-3H3,(H2,61,76)(H,62,82)(H,64,78)(H,65,79)(H,66,80)(H,67,81)/t30-,31+,36+,37+,39-,40-,42+,43+,47-,48-,49-,50-,51-/m0/s1. The van der Waals surface area contributed by atoms with Crippen LogP contribution in [0.1, 0.15) is 81.6 Å². The van der Waals surface area contributed by atoms with Gasteiger partial charge in [0.05, 0.1) is 61.1 Å². The quantitative estimate of drug-likeness (QED) is 0.0439. The van der Waals surface area contributed by atoms with Crippen LogP contribution in [-0.2, 0) is 40.0 Å². The number of hydrogen-bond acceptors (Lipinski definition) is 20. The Labute approximate surface area is 505 Å². The van der Waals surface area contributed by atoms with E-state index in [2.05, 4.69) is 38.5 Å². The molecule has 3 fully saturated rings. The number of thiazole rings is 1. The second-order valence-electron chi connectivity index (χ2n) is 22.1. The van der Waals surface area contributed by atoms with Crippen molar-refractivity contribution < 1.29 is 83.6 Å². The van der Waals surface area contributed by atoms with E-state index in [0.717, 1.165) is 52.2 Å². The number of aliphatic hydroxyl groups is 6. The van der Waals surface area contributed by atoms with Gasteiger partial charge in [-0.05, 0) is 86.0 Å². The molecule has 1 aromatic heterocycles. The van der Waals surface area contributed by atoms with Crippen LogP contribution in [0.4, 0.5) is 0 Å². The number of β-amino-alcohol motifs (C(OH)–C–C–N with tert-alkyl or cyclic N) is 1. The van der Waals surface area contributed by atoms with Gasteiger partial charge in [-0.25, -0.2) is 4.98 Å². The molecule has 16 N–H and O–H groups in total. The monoisotopic (exact) mass is 1230 g/mol. The summed E-state index contributed by atoms with van der Waals surface area (Å²) in [6, 6.07) is 6.39. The number of aromatic hydroxyl groups is 1. The third-order valence-electron chi connectivity index (χ3n) is 15.3. The number of nitrogens with zero attached hydrogens (tertiary/aromatic N) is 3. The lowest BCUT2D eigenvalue weighted by Crippen LogP contribution is -2.64. The number of benzene rings is 3. The highest BCUT2D eigenvalue weighted by atomic mass is 32.1. The summed E-state index contributed by atoms with van der Waals surface area (Å²) in [6.45, 7) is 4.09. The van der Waals surface area contributed by atoms with Crippen molar-refractivity contribution in [3.8, 4) is 38.3 Å². The predicted molar refractivity (Wildman–Crippen MR) is 314 cm³/mol. The van der Waals surface area contributed by atoms with E-state index in [1.807, 2.05) is 24.3 Å². The number of ether oxygens (including phenoxy) is 2. The number of carbonyl (C=O) groups is 8. The number of hydrogen-bond donors (Lipinski definition) is 14. The zero-order chi connectivity index (χ0) is 63.2. The van der Waals surface area contributed by atoms with Crippen LogP contribution in [0.15, 0.2) is 72.9 Å². The van der Waals surface area contributed by atoms with E-state index in [9.17, 15) is 74.1 Å². The molecule has 3 aliphatic rings. The molecule has 87 heavy (non-hydrogen) atoms. The Bertz CT molecular complexity index is 3060. The number of phenolic OH excluding ortho intramolecular Hbond substituents is 1. The van der Waals surface area contributed by atoms with E-state index in [1.54, 1.807) is 18.3 Å². The van der Waals surface area contributed by atoms with E-state index < -0.39 is 165 Å². The molecule has 0 spiro atoms. The van der Waals surface area contributed by atoms with Crippen molar-refractivity contribution >= 4 is 58.6 Å². The summed E-state index contributed by atoms with van der Waals surface area (Å²) in [6.07, 6.45) is -7.93. The number of primary amides is 1. The van der Waals surface area contributed by atoms with Gasteiger partial charge in [0.1, 0.15) is 47.0 Å². The largest absolute Gasteiger partial charge is 0.504 e. The highest BCUT2D eigenvalue weighted by Crippen LogP contribution is 2.34. The molecule has 3 aliphatic heterocycles. The SMILES string of the molecule is CCCCCOc1ccc(-c2cnc(-c3ccc(C(=O)N[C@H]4C[C@@H](O)CNC(=O)[C@@H]5[C@@H](O)[C@@H](C)CN5C(=O)[C@H]([C@H](O)CC(N)=O)NC(=O)[C@H]([C@H](O)Cc5ccc(O)c(OCCCN)c5)NC(=O)[C@@H]5C[C@@H](O)CN5C(=O)[C@H]([C@@H](C)O)NC4=O)cc3)s2)cc1. The third-order valence-corrected chi connectivity index (χ3v) is 16.4. The maximum atomic E-state index is 14.7. The first-order chi connectivity index (χ1) is 41.5. The van der Waals surface area contributed by atoms with Crippen LogP contribution >= 0.6 is 11.3 Å². The maximum Gasteiger partial charge on any atom is 0.251 e. The predicted octanol–water partition coefficient (Wildman–Crippen LogP) is -1.70. The van der Waals surface area contributed by atoms with E-state index in [-0.39, 0.29) is 42.3 Å². The number of carbonyl (C=O) groups excluding carboxylic acids is 8. The van der Waals surface area contributed by atoms with Crippen LogP contribution in [0.5, 0.6) is 17.2 Å². The van der Waals surface area contributed by atoms with Gasteiger partial charge in [0, 0.05) is 62.1 Å². The highest BCUT2D eigenvalue weighted by Gasteiger charge is 2.50. The molecular weight excluding hydrogens is 1150 g/mol. The molecular formula is C59H78N10O17S. The van der Waals surface area contributed by atoms with Crippen LogP contribution in [0, 0.1) is 5.92 Å². The van der Waals surface area contributed by atoms with Crippen LogP contribution in [0.3, 0.4) is 0 Å². The first-order valence-corrected chi connectivity index (χ1v) is 29.7. The summed E-state index contributed by atoms with van der Waals surface area (Å²) in [5, 5.41) is 91.6. The van der Waals surface area contributed by atoms with E-state index in [4.69, 9.17) is 20.9 Å². The Hall–Kier alpha value is -7.83. The van der Waals surface area contributed by atoms with Gasteiger partial charge in [0.2, 0.25) is 41.4 Å². The summed E-state index contributed by atoms with van der Waals surface area (Å²) in [4.78, 5) is 121. The lowest BCUT2D eigenvalue weighted by molar-refractivity contribution is -0.147. The molecule has 28 heteroatoms. The molecule has 472 valence electrons. The van der Waals surface area contributed by atoms with Gasteiger partial charge in [0.15, 0.2) is 11.5 Å². The van der Waals surface area contributed by atoms with Gasteiger partial charge in [-0.15, -0.1) is 11.3 Å². The number of nitrogens with one attached hydrogen (secondary N) is 5. The van der Waals surface area contributed by atoms with Crippen molar-refractivity contribution in [2.75, 3.05) is 39.4 Å². The molecule has 27 nitrogen and oxygen atoms in total. The third kappa shape index (κ3) is 17.2. The Morgan fingerprint density at radius 3 is 2.11 bits per heavy atom. The summed E-state index contributed by atoms with van der Waals surface area (Å²) in [7, 11) is 0. The van der Waals surface area contributed by atoms with Gasteiger partial charge in [-0.3, -0.25) is 38.4 Å². The number of phenols is 1. The molecule has 0 radical (unpaired) electrons. The molecule has 0 saturated carbocycles. The normalized spacial score (nSPS) is 25.4. The van der Waals surface area contributed by atoms with Crippen LogP contribution < -0.4 is 47.5 Å². The van der Waals surface area contributed by atoms with Crippen molar-refractivity contribution in [2.24, 2.45) is 17.4 Å². The lowest BCUT2D eigenvalue weighted by Gasteiger charge is -2.33. The average Bonchev–Trinajstić information content (AvgIpc) is 2.70. The fourth-order valence-corrected chi connectivity index (χ4v) is 11.4. The van der Waals surface area contributed by atoms with E-state index in [1.165, 1.54) is 48.6 Å². The minimum absolute atomic E-state index is 0.0270. The fourth-order valence-electron chi connectivity index (χ4n) is 10.5. The van der Waals surface area contributed by atoms with Gasteiger partial charge in [-0.2, -0.15) is 0 Å². The van der Waals surface area contributed by atoms with Crippen molar-refractivity contribution in [1.82, 2.24) is 41.4 Å². The number of aliphatic hydroxyl groups excluding tert-OH is 6. The van der Waals surface area contributed by atoms with Crippen LogP contribution in [0.2, 0.25) is 0 Å². The first-order valence-electron chi connectivity index (χ1n) is 28.9. The molecule has 4 heterocycles. The molecule has 13 atom stereocenters. The van der Waals surface area contributed by atoms with Crippen molar-refractivity contribution in [1.29, 1.82) is 0 Å². The number of aromatic nitrogens is 1. The molecule has 3 aromatic carbocycles. The summed E-state index contributed by atoms with van der Waals surface area (Å²) < 4.78 is 11.5. The molecule has 0 unspecified atom stereocenters. The van der Waals surface area contributed by atoms with E-state index in [0.29, 0.717) is 23.6 Å². The number of fused-ring (bicyclic) bond motifs is 2. The van der Waals surface area contributed by atoms with E-state index >= 15 is 0 Å². The Kier molecular flexibility index (Phi) is 23.5. The molecule has 7 rings (SSSR count). The molecule has 4 aromatic rings. The smallest absolute Gasteiger partial charge is 0.251 e. The Morgan fingerprint density at radius 1 is 0.770 bits per heavy atom. The second kappa shape index (κ2) is 30.7. The second-order valence-corrected chi connectivity index (χ2v) is 23.2. The topological polar surface area (TPSA) is 428 Å².